The van der Waals surface area contributed by atoms with Gasteiger partial charge in [0.2, 0.25) is 0 Å². The maximum atomic E-state index is 11.5. The van der Waals surface area contributed by atoms with Crippen LogP contribution < -0.4 is 14.8 Å². The first-order chi connectivity index (χ1) is 16.0. The van der Waals surface area contributed by atoms with Crippen LogP contribution in [0.3, 0.4) is 0 Å². The predicted octanol–water partition coefficient (Wildman–Crippen LogP) is 5.77. The fraction of sp³-hybridized carbons (Fsp3) is 0.208. The number of aromatic carboxylic acids is 1. The highest BCUT2D eigenvalue weighted by molar-refractivity contribution is 7.17. The molecule has 0 saturated heterocycles. The number of nitrogens with zero attached hydrogens (tertiary/aromatic N) is 2. The molecule has 0 fully saturated rings. The van der Waals surface area contributed by atoms with E-state index in [1.165, 1.54) is 6.33 Å². The monoisotopic (exact) mass is 483 g/mol. The summed E-state index contributed by atoms with van der Waals surface area (Å²) in [6.45, 7) is 2.79. The van der Waals surface area contributed by atoms with Crippen molar-refractivity contribution < 1.29 is 19.4 Å². The molecule has 0 aliphatic heterocycles. The van der Waals surface area contributed by atoms with Crippen molar-refractivity contribution in [3.05, 3.63) is 64.3 Å². The molecule has 0 aliphatic rings. The van der Waals surface area contributed by atoms with Crippen LogP contribution in [0.15, 0.2) is 48.8 Å². The van der Waals surface area contributed by atoms with E-state index in [2.05, 4.69) is 21.4 Å². The minimum atomic E-state index is -1.02. The van der Waals surface area contributed by atoms with Crippen molar-refractivity contribution in [2.24, 2.45) is 0 Å². The number of nitrogens with one attached hydrogen (secondary N) is 1. The molecule has 0 saturated carbocycles. The Morgan fingerprint density at radius 1 is 1.21 bits per heavy atom. The second-order valence-corrected chi connectivity index (χ2v) is 8.54. The summed E-state index contributed by atoms with van der Waals surface area (Å²) in [5, 5.41) is 15.3. The van der Waals surface area contributed by atoms with E-state index in [0.29, 0.717) is 52.5 Å². The molecule has 9 heteroatoms. The molecule has 33 heavy (non-hydrogen) atoms. The molecule has 2 aromatic heterocycles. The Morgan fingerprint density at radius 3 is 2.79 bits per heavy atom. The lowest BCUT2D eigenvalue weighted by Crippen LogP contribution is -2.08. The number of rotatable bonds is 9. The Kier molecular flexibility index (Phi) is 6.96. The van der Waals surface area contributed by atoms with E-state index < -0.39 is 5.97 Å². The normalized spacial score (nSPS) is 10.9. The van der Waals surface area contributed by atoms with Crippen LogP contribution in [0.25, 0.3) is 21.3 Å². The van der Waals surface area contributed by atoms with Gasteiger partial charge in [-0.25, -0.2) is 14.8 Å². The molecule has 0 unspecified atom stereocenters. The molecule has 0 bridgehead atoms. The summed E-state index contributed by atoms with van der Waals surface area (Å²) >= 11 is 7.70. The Hall–Kier alpha value is -3.36. The van der Waals surface area contributed by atoms with Crippen LogP contribution in [0, 0.1) is 0 Å². The highest BCUT2D eigenvalue weighted by Crippen LogP contribution is 2.37. The maximum Gasteiger partial charge on any atom is 0.349 e. The molecule has 4 rings (SSSR count). The summed E-state index contributed by atoms with van der Waals surface area (Å²) in [7, 11) is 1.62. The van der Waals surface area contributed by atoms with Crippen molar-refractivity contribution in [2.75, 3.05) is 25.6 Å². The van der Waals surface area contributed by atoms with Gasteiger partial charge in [0.05, 0.1) is 29.3 Å². The number of methoxy groups -OCH3 is 1. The number of benzene rings is 2. The largest absolute Gasteiger partial charge is 0.495 e. The Labute approximate surface area is 200 Å². The van der Waals surface area contributed by atoms with Crippen molar-refractivity contribution in [3.63, 3.8) is 0 Å². The first-order valence-corrected chi connectivity index (χ1v) is 11.5. The van der Waals surface area contributed by atoms with Crippen LogP contribution in [0.1, 0.15) is 22.2 Å². The third kappa shape index (κ3) is 4.86. The molecular formula is C24H22ClN3O4S. The van der Waals surface area contributed by atoms with Crippen LogP contribution in [-0.2, 0) is 6.42 Å². The maximum absolute atomic E-state index is 11.5. The number of ether oxygens (including phenoxy) is 2. The summed E-state index contributed by atoms with van der Waals surface area (Å²) in [6, 6.07) is 13.5. The smallest absolute Gasteiger partial charge is 0.349 e. The Balaban J connectivity index is 1.52. The fourth-order valence-corrected chi connectivity index (χ4v) is 4.85. The lowest BCUT2D eigenvalue weighted by atomic mass is 10.0. The lowest BCUT2D eigenvalue weighted by Gasteiger charge is -2.14. The van der Waals surface area contributed by atoms with Crippen molar-refractivity contribution in [1.29, 1.82) is 0 Å². The topological polar surface area (TPSA) is 93.6 Å². The van der Waals surface area contributed by atoms with Crippen LogP contribution in [0.2, 0.25) is 5.02 Å². The van der Waals surface area contributed by atoms with Gasteiger partial charge < -0.3 is 19.9 Å². The molecule has 7 nitrogen and oxygen atoms in total. The van der Waals surface area contributed by atoms with E-state index in [1.807, 2.05) is 31.2 Å². The van der Waals surface area contributed by atoms with Crippen molar-refractivity contribution >= 4 is 45.5 Å². The van der Waals surface area contributed by atoms with E-state index in [9.17, 15) is 9.90 Å². The molecule has 2 aromatic carbocycles. The Morgan fingerprint density at radius 2 is 2.03 bits per heavy atom. The average Bonchev–Trinajstić information content (AvgIpc) is 3.24. The van der Waals surface area contributed by atoms with Gasteiger partial charge in [-0.05, 0) is 30.4 Å². The number of hydrogen-bond acceptors (Lipinski definition) is 7. The zero-order valence-electron chi connectivity index (χ0n) is 18.1. The molecule has 0 amide bonds. The standard InChI is InChI=1S/C24H22ClN3O4S/c1-3-32-18-12-19(33-23(18)24(29)30)17-11-20(28-13-27-17)26-9-8-15-10-14-6-4-5-7-16(14)21(25)22(15)31-2/h4-7,10-13H,3,8-9H2,1-2H3,(H,29,30)(H,26,27,28). The number of carboxylic acids is 1. The summed E-state index contributed by atoms with van der Waals surface area (Å²) < 4.78 is 11.0. The molecule has 4 aromatic rings. The van der Waals surface area contributed by atoms with Crippen LogP contribution in [0.4, 0.5) is 5.82 Å². The first-order valence-electron chi connectivity index (χ1n) is 10.3. The predicted molar refractivity (Wildman–Crippen MR) is 131 cm³/mol. The molecule has 2 heterocycles. The molecule has 0 aliphatic carbocycles. The number of thiophene rings is 1. The van der Waals surface area contributed by atoms with Gasteiger partial charge in [0.25, 0.3) is 0 Å². The SMILES string of the molecule is CCOc1cc(-c2cc(NCCc3cc4ccccc4c(Cl)c3OC)ncn2)sc1C(=O)O. The molecule has 0 atom stereocenters. The molecular weight excluding hydrogens is 462 g/mol. The summed E-state index contributed by atoms with van der Waals surface area (Å²) in [5.41, 5.74) is 1.62. The number of carboxylic acid groups (broad SMARTS) is 1. The number of anilines is 1. The van der Waals surface area contributed by atoms with Gasteiger partial charge in [-0.3, -0.25) is 0 Å². The third-order valence-corrected chi connectivity index (χ3v) is 6.54. The van der Waals surface area contributed by atoms with Crippen molar-refractivity contribution in [2.45, 2.75) is 13.3 Å². The van der Waals surface area contributed by atoms with Gasteiger partial charge >= 0.3 is 5.97 Å². The first kappa shape index (κ1) is 22.8. The minimum absolute atomic E-state index is 0.153. The quantitative estimate of drug-likeness (QED) is 0.312. The summed E-state index contributed by atoms with van der Waals surface area (Å²) in [5.74, 6) is 0.626. The van der Waals surface area contributed by atoms with Gasteiger partial charge in [0.1, 0.15) is 23.6 Å². The second-order valence-electron chi connectivity index (χ2n) is 7.11. The van der Waals surface area contributed by atoms with Gasteiger partial charge in [-0.1, -0.05) is 35.9 Å². The highest BCUT2D eigenvalue weighted by atomic mass is 35.5. The molecule has 0 spiro atoms. The number of halogens is 1. The Bertz CT molecular complexity index is 1310. The number of hydrogen-bond donors (Lipinski definition) is 2. The molecule has 170 valence electrons. The zero-order chi connectivity index (χ0) is 23.4. The fourth-order valence-electron chi connectivity index (χ4n) is 3.57. The third-order valence-electron chi connectivity index (χ3n) is 5.03. The highest BCUT2D eigenvalue weighted by Gasteiger charge is 2.18. The number of carbonyl (C=O) groups is 1. The van der Waals surface area contributed by atoms with Crippen LogP contribution in [-0.4, -0.2) is 41.3 Å². The average molecular weight is 484 g/mol. The van der Waals surface area contributed by atoms with E-state index in [1.54, 1.807) is 19.2 Å². The van der Waals surface area contributed by atoms with E-state index >= 15 is 0 Å². The zero-order valence-corrected chi connectivity index (χ0v) is 19.7. The number of aromatic nitrogens is 2. The van der Waals surface area contributed by atoms with Gasteiger partial charge in [-0.15, -0.1) is 11.3 Å². The molecule has 2 N–H and O–H groups in total. The van der Waals surface area contributed by atoms with E-state index in [0.717, 1.165) is 27.7 Å². The molecule has 0 radical (unpaired) electrons. The van der Waals surface area contributed by atoms with Crippen LogP contribution in [0.5, 0.6) is 11.5 Å². The van der Waals surface area contributed by atoms with Crippen molar-refractivity contribution in [1.82, 2.24) is 9.97 Å². The number of fused-ring (bicyclic) bond motifs is 1. The lowest BCUT2D eigenvalue weighted by molar-refractivity contribution is 0.0698. The van der Waals surface area contributed by atoms with Crippen molar-refractivity contribution in [3.8, 4) is 22.1 Å². The second kappa shape index (κ2) is 10.1. The minimum Gasteiger partial charge on any atom is -0.495 e. The van der Waals surface area contributed by atoms with E-state index in [4.69, 9.17) is 21.1 Å². The summed E-state index contributed by atoms with van der Waals surface area (Å²) in [6.07, 6.45) is 2.12. The van der Waals surface area contributed by atoms with Crippen LogP contribution >= 0.6 is 22.9 Å². The van der Waals surface area contributed by atoms with Gasteiger partial charge in [0, 0.05) is 24.1 Å². The van der Waals surface area contributed by atoms with Gasteiger partial charge in [0.15, 0.2) is 4.88 Å². The van der Waals surface area contributed by atoms with E-state index in [-0.39, 0.29) is 4.88 Å². The summed E-state index contributed by atoms with van der Waals surface area (Å²) in [4.78, 5) is 20.9. The van der Waals surface area contributed by atoms with Gasteiger partial charge in [-0.2, -0.15) is 0 Å².